The molecule has 144 valence electrons. The number of benzene rings is 1. The van der Waals surface area contributed by atoms with Crippen LogP contribution in [0, 0.1) is 5.82 Å². The van der Waals surface area contributed by atoms with Crippen LogP contribution in [0.1, 0.15) is 19.4 Å². The third-order valence-electron chi connectivity index (χ3n) is 4.86. The van der Waals surface area contributed by atoms with Crippen LogP contribution in [-0.2, 0) is 6.54 Å². The standard InChI is InChI=1S/C20H25FN4O2/c1-14(2)25-9-7-24(8-10-25)13-15-3-4-17(18(21)11-15)19-12-16(5-6-22-19)23-20(26)27/h3-6,11-12,14H,7-10,13H2,1-2H3,(H,22,23)(H,26,27). The number of rotatable bonds is 5. The number of hydrogen-bond donors (Lipinski definition) is 2. The molecule has 1 aliphatic rings. The van der Waals surface area contributed by atoms with Gasteiger partial charge in [0.05, 0.1) is 5.69 Å². The number of nitrogens with one attached hydrogen (secondary N) is 1. The number of amides is 1. The lowest BCUT2D eigenvalue weighted by molar-refractivity contribution is 0.104. The van der Waals surface area contributed by atoms with Crippen LogP contribution in [0.5, 0.6) is 0 Å². The molecule has 1 aromatic carbocycles. The van der Waals surface area contributed by atoms with Gasteiger partial charge >= 0.3 is 6.09 Å². The van der Waals surface area contributed by atoms with Crippen LogP contribution in [0.4, 0.5) is 14.9 Å². The molecule has 2 heterocycles. The number of carbonyl (C=O) groups is 1. The van der Waals surface area contributed by atoms with Crippen molar-refractivity contribution in [3.05, 3.63) is 47.9 Å². The number of nitrogens with zero attached hydrogens (tertiary/aromatic N) is 3. The minimum atomic E-state index is -1.17. The van der Waals surface area contributed by atoms with Crippen LogP contribution in [0.25, 0.3) is 11.3 Å². The van der Waals surface area contributed by atoms with Crippen molar-refractivity contribution in [1.29, 1.82) is 0 Å². The molecule has 1 fully saturated rings. The molecular formula is C20H25FN4O2. The third kappa shape index (κ3) is 5.02. The third-order valence-corrected chi connectivity index (χ3v) is 4.86. The van der Waals surface area contributed by atoms with E-state index in [0.717, 1.165) is 38.3 Å². The fourth-order valence-electron chi connectivity index (χ4n) is 3.34. The molecule has 2 aromatic rings. The Labute approximate surface area is 158 Å². The summed E-state index contributed by atoms with van der Waals surface area (Å²) in [6, 6.07) is 8.78. The first-order valence-electron chi connectivity index (χ1n) is 9.13. The van der Waals surface area contributed by atoms with Crippen LogP contribution >= 0.6 is 0 Å². The maximum atomic E-state index is 14.6. The Kier molecular flexibility index (Phi) is 6.03. The lowest BCUT2D eigenvalue weighted by Crippen LogP contribution is -2.48. The van der Waals surface area contributed by atoms with E-state index in [0.29, 0.717) is 23.0 Å². The molecular weight excluding hydrogens is 347 g/mol. The van der Waals surface area contributed by atoms with Crippen molar-refractivity contribution >= 4 is 11.8 Å². The Morgan fingerprint density at radius 3 is 2.59 bits per heavy atom. The lowest BCUT2D eigenvalue weighted by Gasteiger charge is -2.36. The molecule has 27 heavy (non-hydrogen) atoms. The minimum absolute atomic E-state index is 0.353. The molecule has 0 atom stereocenters. The first kappa shape index (κ1) is 19.3. The Morgan fingerprint density at radius 1 is 1.22 bits per heavy atom. The van der Waals surface area contributed by atoms with Crippen molar-refractivity contribution in [3.8, 4) is 11.3 Å². The van der Waals surface area contributed by atoms with Gasteiger partial charge in [-0.25, -0.2) is 9.18 Å². The summed E-state index contributed by atoms with van der Waals surface area (Å²) in [6.45, 7) is 9.16. The predicted molar refractivity (Wildman–Crippen MR) is 103 cm³/mol. The molecule has 0 radical (unpaired) electrons. The molecule has 1 amide bonds. The molecule has 1 aliphatic heterocycles. The molecule has 0 saturated carbocycles. The Morgan fingerprint density at radius 2 is 1.96 bits per heavy atom. The number of pyridine rings is 1. The zero-order chi connectivity index (χ0) is 19.4. The van der Waals surface area contributed by atoms with Crippen molar-refractivity contribution in [2.75, 3.05) is 31.5 Å². The van der Waals surface area contributed by atoms with Crippen molar-refractivity contribution in [2.45, 2.75) is 26.4 Å². The highest BCUT2D eigenvalue weighted by Gasteiger charge is 2.19. The average molecular weight is 372 g/mol. The Balaban J connectivity index is 1.68. The van der Waals surface area contributed by atoms with Crippen molar-refractivity contribution < 1.29 is 14.3 Å². The fraction of sp³-hybridized carbons (Fsp3) is 0.400. The first-order valence-corrected chi connectivity index (χ1v) is 9.13. The molecule has 0 spiro atoms. The van der Waals surface area contributed by atoms with E-state index in [1.807, 2.05) is 6.07 Å². The second kappa shape index (κ2) is 8.45. The number of anilines is 1. The van der Waals surface area contributed by atoms with Gasteiger partial charge in [-0.1, -0.05) is 6.07 Å². The summed E-state index contributed by atoms with van der Waals surface area (Å²) >= 11 is 0. The summed E-state index contributed by atoms with van der Waals surface area (Å²) in [6.07, 6.45) is 0.294. The van der Waals surface area contributed by atoms with E-state index in [2.05, 4.69) is 33.9 Å². The highest BCUT2D eigenvalue weighted by atomic mass is 19.1. The fourth-order valence-corrected chi connectivity index (χ4v) is 3.34. The minimum Gasteiger partial charge on any atom is -0.465 e. The van der Waals surface area contributed by atoms with Gasteiger partial charge in [-0.05, 0) is 43.7 Å². The zero-order valence-corrected chi connectivity index (χ0v) is 15.7. The quantitative estimate of drug-likeness (QED) is 0.841. The molecule has 1 aromatic heterocycles. The average Bonchev–Trinajstić information content (AvgIpc) is 2.62. The largest absolute Gasteiger partial charge is 0.465 e. The van der Waals surface area contributed by atoms with Crippen molar-refractivity contribution in [1.82, 2.24) is 14.8 Å². The number of carboxylic acid groups (broad SMARTS) is 1. The summed E-state index contributed by atoms with van der Waals surface area (Å²) in [4.78, 5) is 19.7. The Hall–Kier alpha value is -2.51. The van der Waals surface area contributed by atoms with Crippen LogP contribution in [0.2, 0.25) is 0 Å². The SMILES string of the molecule is CC(C)N1CCN(Cc2ccc(-c3cc(NC(=O)O)ccn3)c(F)c2)CC1. The van der Waals surface area contributed by atoms with Gasteiger partial charge in [-0.3, -0.25) is 20.1 Å². The van der Waals surface area contributed by atoms with Gasteiger partial charge in [0.15, 0.2) is 0 Å². The molecule has 7 heteroatoms. The van der Waals surface area contributed by atoms with Crippen molar-refractivity contribution in [3.63, 3.8) is 0 Å². The van der Waals surface area contributed by atoms with Crippen LogP contribution in [0.15, 0.2) is 36.5 Å². The van der Waals surface area contributed by atoms with Gasteiger partial charge in [0.25, 0.3) is 0 Å². The normalized spacial score (nSPS) is 15.9. The summed E-state index contributed by atoms with van der Waals surface area (Å²) in [5.41, 5.74) is 2.04. The van der Waals surface area contributed by atoms with E-state index in [4.69, 9.17) is 5.11 Å². The maximum Gasteiger partial charge on any atom is 0.409 e. The van der Waals surface area contributed by atoms with Crippen LogP contribution < -0.4 is 5.32 Å². The van der Waals surface area contributed by atoms with Gasteiger partial charge < -0.3 is 5.11 Å². The topological polar surface area (TPSA) is 68.7 Å². The van der Waals surface area contributed by atoms with E-state index in [1.165, 1.54) is 18.3 Å². The van der Waals surface area contributed by atoms with Gasteiger partial charge in [-0.2, -0.15) is 0 Å². The van der Waals surface area contributed by atoms with Gasteiger partial charge in [-0.15, -0.1) is 0 Å². The first-order chi connectivity index (χ1) is 12.9. The van der Waals surface area contributed by atoms with Gasteiger partial charge in [0.2, 0.25) is 0 Å². The van der Waals surface area contributed by atoms with Crippen LogP contribution in [0.3, 0.4) is 0 Å². The molecule has 0 bridgehead atoms. The van der Waals surface area contributed by atoms with Gasteiger partial charge in [0, 0.05) is 56.2 Å². The van der Waals surface area contributed by atoms with Crippen LogP contribution in [-0.4, -0.2) is 58.2 Å². The number of hydrogen-bond acceptors (Lipinski definition) is 4. The predicted octanol–water partition coefficient (Wildman–Crippen LogP) is 3.50. The van der Waals surface area contributed by atoms with E-state index < -0.39 is 6.09 Å². The van der Waals surface area contributed by atoms with E-state index in [9.17, 15) is 9.18 Å². The van der Waals surface area contributed by atoms with Gasteiger partial charge in [0.1, 0.15) is 5.82 Å². The highest BCUT2D eigenvalue weighted by molar-refractivity contribution is 5.83. The van der Waals surface area contributed by atoms with Crippen molar-refractivity contribution in [2.24, 2.45) is 0 Å². The number of piperazine rings is 1. The molecule has 0 unspecified atom stereocenters. The number of aromatic nitrogens is 1. The summed E-state index contributed by atoms with van der Waals surface area (Å²) in [5, 5.41) is 11.1. The summed E-state index contributed by atoms with van der Waals surface area (Å²) < 4.78 is 14.6. The zero-order valence-electron chi connectivity index (χ0n) is 15.7. The second-order valence-electron chi connectivity index (χ2n) is 7.08. The Bertz CT molecular complexity index is 804. The van der Waals surface area contributed by atoms with E-state index in [-0.39, 0.29) is 5.82 Å². The molecule has 6 nitrogen and oxygen atoms in total. The molecule has 3 rings (SSSR count). The summed E-state index contributed by atoms with van der Waals surface area (Å²) in [7, 11) is 0. The lowest BCUT2D eigenvalue weighted by atomic mass is 10.1. The smallest absolute Gasteiger partial charge is 0.409 e. The molecule has 1 saturated heterocycles. The number of halogens is 1. The van der Waals surface area contributed by atoms with E-state index >= 15 is 0 Å². The highest BCUT2D eigenvalue weighted by Crippen LogP contribution is 2.25. The second-order valence-corrected chi connectivity index (χ2v) is 7.08. The van der Waals surface area contributed by atoms with E-state index in [1.54, 1.807) is 12.1 Å². The maximum absolute atomic E-state index is 14.6. The monoisotopic (exact) mass is 372 g/mol. The summed E-state index contributed by atoms with van der Waals surface area (Å²) in [5.74, 6) is -0.353. The molecule has 0 aliphatic carbocycles. The molecule has 2 N–H and O–H groups in total.